The van der Waals surface area contributed by atoms with Gasteiger partial charge in [0.05, 0.1) is 24.9 Å². The van der Waals surface area contributed by atoms with E-state index in [1.807, 2.05) is 18.2 Å². The Balaban J connectivity index is 1.25. The number of nitrogens with two attached hydrogens (primary N) is 1. The number of carbonyl (C=O) groups is 11. The van der Waals surface area contributed by atoms with Gasteiger partial charge in [-0.15, -0.1) is 0 Å². The number of hydrogen-bond donors (Lipinski definition) is 15. The van der Waals surface area contributed by atoms with Crippen molar-refractivity contribution in [2.75, 3.05) is 42.8 Å². The van der Waals surface area contributed by atoms with Gasteiger partial charge >= 0.3 is 18.2 Å². The number of carboxylic acids is 1. The van der Waals surface area contributed by atoms with E-state index in [0.717, 1.165) is 21.6 Å². The van der Waals surface area contributed by atoms with Crippen LogP contribution in [0.1, 0.15) is 88.6 Å². The molecular formula is C69H91N11O18S4. The molecule has 0 aliphatic carbocycles. The molecular weight excluding hydrogens is 1400 g/mol. The second kappa shape index (κ2) is 42.1. The number of aromatic nitrogens is 1. The lowest BCUT2D eigenvalue weighted by Gasteiger charge is -2.29. The van der Waals surface area contributed by atoms with Gasteiger partial charge in [-0.2, -0.15) is 0 Å². The van der Waals surface area contributed by atoms with E-state index in [4.69, 9.17) is 19.9 Å². The highest BCUT2D eigenvalue weighted by atomic mass is 33.1. The van der Waals surface area contributed by atoms with E-state index in [1.54, 1.807) is 124 Å². The minimum Gasteiger partial charge on any atom is -0.478 e. The minimum absolute atomic E-state index is 0.0234. The zero-order chi connectivity index (χ0) is 74.3. The molecule has 33 heteroatoms. The topological polar surface area (TPSA) is 446 Å². The SMILES string of the molecule is C[C@@H](O)[C@@H]1NC(=O)[C@H](CCCCN)NC(=O)[C@@H](Cc2c[nH]c3ccccc23)NC(=O)[C@H](Cc2ccccc2)NC(=O)[C@@H](NC(=O)[C@@H](Cc2ccccc2)NC(=O)CCSSCCOC(=O)O[C@@H](C(=O)O)[C@@H](NC(=O)OC(C)(C)C)c2ccccc2)CSSC[C@@H](C(=O)N[C@H](CO)[C@@H](C)O)NC1=O. The third kappa shape index (κ3) is 27.7. The fourth-order valence-electron chi connectivity index (χ4n) is 10.3. The number of unbranched alkanes of at least 4 members (excludes halogenated alkanes) is 1. The Bertz CT molecular complexity index is 3580. The molecule has 0 spiro atoms. The van der Waals surface area contributed by atoms with Crippen LogP contribution in [-0.4, -0.2) is 206 Å². The number of carboxylic acid groups (broad SMARTS) is 1. The third-order valence-electron chi connectivity index (χ3n) is 15.6. The molecule has 9 amide bonds. The highest BCUT2D eigenvalue weighted by Gasteiger charge is 2.39. The largest absolute Gasteiger partial charge is 0.509 e. The molecule has 0 radical (unpaired) electrons. The van der Waals surface area contributed by atoms with Crippen molar-refractivity contribution in [1.82, 2.24) is 52.8 Å². The van der Waals surface area contributed by atoms with Crippen LogP contribution >= 0.6 is 43.2 Å². The van der Waals surface area contributed by atoms with Crippen LogP contribution in [0.2, 0.25) is 0 Å². The van der Waals surface area contributed by atoms with Gasteiger partial charge in [-0.3, -0.25) is 38.4 Å². The molecule has 1 aliphatic rings. The smallest absolute Gasteiger partial charge is 0.478 e. The van der Waals surface area contributed by atoms with E-state index < -0.39 is 150 Å². The van der Waals surface area contributed by atoms with E-state index in [1.165, 1.54) is 35.4 Å². The maximum atomic E-state index is 15.2. The van der Waals surface area contributed by atoms with Gasteiger partial charge in [-0.1, -0.05) is 152 Å². The number of aliphatic hydroxyl groups excluding tert-OH is 3. The first kappa shape index (κ1) is 82.4. The maximum absolute atomic E-state index is 15.2. The van der Waals surface area contributed by atoms with E-state index in [2.05, 4.69) is 52.8 Å². The van der Waals surface area contributed by atoms with Gasteiger partial charge in [-0.25, -0.2) is 14.4 Å². The Labute approximate surface area is 606 Å². The molecule has 1 saturated heterocycles. The number of amides is 9. The first-order valence-corrected chi connectivity index (χ1v) is 38.0. The van der Waals surface area contributed by atoms with Crippen LogP contribution in [-0.2, 0) is 76.6 Å². The maximum Gasteiger partial charge on any atom is 0.509 e. The molecule has 1 fully saturated rings. The number of nitrogens with one attached hydrogen (secondary N) is 10. The van der Waals surface area contributed by atoms with Crippen molar-refractivity contribution in [3.8, 4) is 0 Å². The standard InChI is InChI=1S/C69H91N11O18S4/c1-40(82)52(37-81)76-64(90)54-39-102-101-38-53(77-60(86)49(33-42-19-9-6-10-20-42)72-55(84)28-31-99-100-32-30-96-68(95)97-58(66(92)93)57(44-23-13-8-14-24-44)80-67(94)98-69(3,4)5)63(89)74-50(34-43-21-11-7-12-22-43)61(87)75-51(35-45-36-71-47-26-16-15-25-46(45)47)62(88)73-48(27-17-18-29-70)59(85)79-56(41(2)83)65(91)78-54/h6-16,19-26,36,40-41,48-54,56-58,71,81-83H,17-18,27-35,37-39,70H2,1-5H3,(H,72,84)(H,73,88)(H,74,89)(H,75,87)(H,76,90)(H,77,86)(H,78,91)(H,79,85)(H,80,94)(H,92,93)/t40-,41-,48+,49-,50+,51-,52-,53+,54+,56+,57+,58-/m1/s1. The summed E-state index contributed by atoms with van der Waals surface area (Å²) in [5.74, 6) is -8.70. The molecule has 102 heavy (non-hydrogen) atoms. The quantitative estimate of drug-likeness (QED) is 0.0178. The van der Waals surface area contributed by atoms with Gasteiger partial charge in [0.1, 0.15) is 60.5 Å². The van der Waals surface area contributed by atoms with Crippen LogP contribution in [0.25, 0.3) is 10.9 Å². The van der Waals surface area contributed by atoms with Crippen LogP contribution < -0.4 is 53.6 Å². The average Bonchev–Trinajstić information content (AvgIpc) is 1.59. The summed E-state index contributed by atoms with van der Waals surface area (Å²) in [5, 5.41) is 66.4. The van der Waals surface area contributed by atoms with Crippen LogP contribution in [0.15, 0.2) is 121 Å². The fourth-order valence-corrected chi connectivity index (χ4v) is 14.5. The van der Waals surface area contributed by atoms with E-state index in [9.17, 15) is 63.6 Å². The molecule has 1 aromatic heterocycles. The van der Waals surface area contributed by atoms with Gasteiger partial charge < -0.3 is 93.2 Å². The van der Waals surface area contributed by atoms with Crippen molar-refractivity contribution in [1.29, 1.82) is 0 Å². The summed E-state index contributed by atoms with van der Waals surface area (Å²) in [4.78, 5) is 158. The van der Waals surface area contributed by atoms with E-state index in [0.29, 0.717) is 46.0 Å². The van der Waals surface area contributed by atoms with Gasteiger partial charge in [0.25, 0.3) is 0 Å². The zero-order valence-electron chi connectivity index (χ0n) is 57.1. The van der Waals surface area contributed by atoms with Crippen LogP contribution in [0, 0.1) is 0 Å². The van der Waals surface area contributed by atoms with Crippen molar-refractivity contribution < 1.29 is 87.4 Å². The summed E-state index contributed by atoms with van der Waals surface area (Å²) >= 11 is 0. The van der Waals surface area contributed by atoms with Crippen molar-refractivity contribution in [3.63, 3.8) is 0 Å². The number of aliphatic hydroxyl groups is 3. The normalized spacial score (nSPS) is 20.0. The molecule has 2 heterocycles. The summed E-state index contributed by atoms with van der Waals surface area (Å²) in [6.45, 7) is 6.68. The van der Waals surface area contributed by atoms with E-state index in [-0.39, 0.29) is 68.3 Å². The number of carbonyl (C=O) groups excluding carboxylic acids is 10. The van der Waals surface area contributed by atoms with Crippen molar-refractivity contribution >= 4 is 120 Å². The highest BCUT2D eigenvalue weighted by molar-refractivity contribution is 8.77. The Morgan fingerprint density at radius 2 is 1.28 bits per heavy atom. The van der Waals surface area contributed by atoms with E-state index >= 15 is 9.59 Å². The molecule has 4 aromatic carbocycles. The summed E-state index contributed by atoms with van der Waals surface area (Å²) in [7, 11) is 4.32. The molecule has 554 valence electrons. The number of hydrogen-bond acceptors (Lipinski definition) is 22. The Morgan fingerprint density at radius 3 is 1.92 bits per heavy atom. The zero-order valence-corrected chi connectivity index (χ0v) is 60.4. The molecule has 0 saturated carbocycles. The predicted molar refractivity (Wildman–Crippen MR) is 388 cm³/mol. The van der Waals surface area contributed by atoms with Gasteiger partial charge in [0.2, 0.25) is 53.4 Å². The number of aromatic amines is 1. The number of rotatable bonds is 30. The second-order valence-electron chi connectivity index (χ2n) is 24.9. The minimum atomic E-state index is -1.92. The first-order valence-electron chi connectivity index (χ1n) is 33.0. The van der Waals surface area contributed by atoms with Crippen molar-refractivity contribution in [2.24, 2.45) is 5.73 Å². The molecule has 5 aromatic rings. The number of fused-ring (bicyclic) bond motifs is 1. The van der Waals surface area contributed by atoms with Gasteiger partial charge in [0, 0.05) is 65.8 Å². The van der Waals surface area contributed by atoms with Gasteiger partial charge in [-0.05, 0) is 88.7 Å². The predicted octanol–water partition coefficient (Wildman–Crippen LogP) is 3.00. The molecule has 12 atom stereocenters. The Kier molecular flexibility index (Phi) is 34.0. The second-order valence-corrected chi connectivity index (χ2v) is 30.1. The molecule has 0 unspecified atom stereocenters. The number of alkyl carbamates (subject to hydrolysis) is 1. The lowest BCUT2D eigenvalue weighted by Crippen LogP contribution is -2.62. The molecule has 6 rings (SSSR count). The third-order valence-corrected chi connectivity index (χ3v) is 20.4. The summed E-state index contributed by atoms with van der Waals surface area (Å²) in [5.41, 5.74) is 7.72. The summed E-state index contributed by atoms with van der Waals surface area (Å²) in [6.07, 6.45) is -5.23. The van der Waals surface area contributed by atoms with Crippen LogP contribution in [0.3, 0.4) is 0 Å². The van der Waals surface area contributed by atoms with Crippen molar-refractivity contribution in [3.05, 3.63) is 144 Å². The van der Waals surface area contributed by atoms with Gasteiger partial charge in [0.15, 0.2) is 0 Å². The first-order chi connectivity index (χ1) is 48.7. The summed E-state index contributed by atoms with van der Waals surface area (Å²) < 4.78 is 15.7. The fraction of sp³-hybridized carbons (Fsp3) is 0.464. The Morgan fingerprint density at radius 1 is 0.686 bits per heavy atom. The number of para-hydroxylation sites is 1. The highest BCUT2D eigenvalue weighted by Crippen LogP contribution is 2.27. The molecule has 0 bridgehead atoms. The van der Waals surface area contributed by atoms with Crippen LogP contribution in [0.5, 0.6) is 0 Å². The number of aliphatic carboxylic acids is 1. The number of H-pyrrole nitrogens is 1. The molecule has 29 nitrogen and oxygen atoms in total. The monoisotopic (exact) mass is 1490 g/mol. The van der Waals surface area contributed by atoms with Crippen LogP contribution in [0.4, 0.5) is 9.59 Å². The molecule has 1 aliphatic heterocycles. The lowest BCUT2D eigenvalue weighted by molar-refractivity contribution is -0.150. The number of benzene rings is 4. The number of ether oxygens (including phenoxy) is 3. The summed E-state index contributed by atoms with van der Waals surface area (Å²) in [6, 6.07) is 19.5. The lowest BCUT2D eigenvalue weighted by atomic mass is 10.0. The Hall–Kier alpha value is -8.57. The molecule has 16 N–H and O–H groups in total. The van der Waals surface area contributed by atoms with Crippen molar-refractivity contribution in [2.45, 2.75) is 158 Å². The average molecular weight is 1490 g/mol.